The minimum absolute atomic E-state index is 0.0615. The van der Waals surface area contributed by atoms with Crippen LogP contribution in [0.25, 0.3) is 0 Å². The molecule has 4 aliphatic carbocycles. The Hall–Kier alpha value is -3.94. The van der Waals surface area contributed by atoms with Crippen LogP contribution in [0.3, 0.4) is 0 Å². The smallest absolute Gasteiger partial charge is 0.316 e. The predicted octanol–water partition coefficient (Wildman–Crippen LogP) is 3.21. The summed E-state index contributed by atoms with van der Waals surface area (Å²) in [6.07, 6.45) is 5.49. The second-order valence-electron chi connectivity index (χ2n) is 10.7. The molecular weight excluding hydrogens is 472 g/mol. The van der Waals surface area contributed by atoms with Gasteiger partial charge in [0.15, 0.2) is 0 Å². The van der Waals surface area contributed by atoms with Crippen LogP contribution in [0.4, 0.5) is 11.4 Å². The average Bonchev–Trinajstić information content (AvgIpc) is 3.59. The topological polar surface area (TPSA) is 93.2 Å². The fraction of sp³-hybridized carbons (Fsp3) is 0.379. The summed E-state index contributed by atoms with van der Waals surface area (Å²) in [6, 6.07) is 13.6. The van der Waals surface area contributed by atoms with E-state index in [9.17, 15) is 19.2 Å². The van der Waals surface area contributed by atoms with E-state index in [2.05, 4.69) is 12.2 Å². The van der Waals surface area contributed by atoms with Crippen molar-refractivity contribution in [2.24, 2.45) is 41.4 Å². The molecule has 2 aliphatic heterocycles. The fourth-order valence-corrected chi connectivity index (χ4v) is 6.97. The third kappa shape index (κ3) is 3.35. The van der Waals surface area contributed by atoms with Gasteiger partial charge in [0.25, 0.3) is 0 Å². The molecule has 2 saturated carbocycles. The highest BCUT2D eigenvalue weighted by Gasteiger charge is 2.67. The van der Waals surface area contributed by atoms with Crippen LogP contribution in [0.2, 0.25) is 0 Å². The molecule has 8 rings (SSSR count). The summed E-state index contributed by atoms with van der Waals surface area (Å²) in [5.74, 6) is 0.399. The van der Waals surface area contributed by atoms with E-state index < -0.39 is 11.9 Å². The Balaban J connectivity index is 1.03. The van der Waals surface area contributed by atoms with Gasteiger partial charge in [-0.05, 0) is 66.5 Å². The number of esters is 1. The fourth-order valence-electron chi connectivity index (χ4n) is 6.97. The number of imide groups is 1. The Labute approximate surface area is 213 Å². The number of benzene rings is 2. The lowest BCUT2D eigenvalue weighted by Gasteiger charge is -2.37. The van der Waals surface area contributed by atoms with Crippen molar-refractivity contribution in [3.05, 3.63) is 60.7 Å². The van der Waals surface area contributed by atoms with Crippen LogP contribution in [-0.2, 0) is 19.2 Å². The van der Waals surface area contributed by atoms with Crippen molar-refractivity contribution < 1.29 is 28.7 Å². The molecule has 0 aromatic heterocycles. The van der Waals surface area contributed by atoms with Crippen molar-refractivity contribution in [2.45, 2.75) is 12.8 Å². The number of carbonyl (C=O) groups is 4. The number of allylic oxidation sites excluding steroid dienone is 2. The second-order valence-corrected chi connectivity index (χ2v) is 10.7. The number of hydrogen-bond acceptors (Lipinski definition) is 6. The zero-order valence-electron chi connectivity index (χ0n) is 20.3. The molecule has 7 atom stereocenters. The number of hydrogen-bond donors (Lipinski definition) is 0. The van der Waals surface area contributed by atoms with Gasteiger partial charge in [-0.25, -0.2) is 0 Å². The van der Waals surface area contributed by atoms with Gasteiger partial charge in [0.1, 0.15) is 11.5 Å². The minimum Gasteiger partial charge on any atom is -0.497 e. The molecule has 2 saturated heterocycles. The standard InChI is InChI=1S/C29H26N2O6/c1-36-19-4-2-3-17(12-19)30-14-15(11-24(30)32)29(35)37-18-7-5-16(6-8-18)31-27(33)25-20-9-10-21(23-13-22(20)23)26(25)28(31)34/h2-10,12,15,20-23,25-26H,11,13-14H2,1H3/t15-,20+,21+,22-,23+,25+,26-/m0/s1. The van der Waals surface area contributed by atoms with Gasteiger partial charge in [-0.3, -0.25) is 24.1 Å². The highest BCUT2D eigenvalue weighted by molar-refractivity contribution is 6.22. The Morgan fingerprint density at radius 3 is 2.19 bits per heavy atom. The summed E-state index contributed by atoms with van der Waals surface area (Å²) >= 11 is 0. The van der Waals surface area contributed by atoms with Gasteiger partial charge >= 0.3 is 5.97 Å². The van der Waals surface area contributed by atoms with Crippen LogP contribution < -0.4 is 19.3 Å². The first-order chi connectivity index (χ1) is 17.9. The molecule has 0 N–H and O–H groups in total. The van der Waals surface area contributed by atoms with Gasteiger partial charge in [0, 0.05) is 24.7 Å². The number of ether oxygens (including phenoxy) is 2. The maximum Gasteiger partial charge on any atom is 0.316 e. The molecule has 2 heterocycles. The Morgan fingerprint density at radius 1 is 0.865 bits per heavy atom. The first kappa shape index (κ1) is 22.3. The lowest BCUT2D eigenvalue weighted by molar-refractivity contribution is -0.139. The van der Waals surface area contributed by atoms with Crippen LogP contribution in [0.5, 0.6) is 11.5 Å². The molecule has 2 bridgehead atoms. The molecule has 8 heteroatoms. The first-order valence-electron chi connectivity index (χ1n) is 12.8. The summed E-state index contributed by atoms with van der Waals surface area (Å²) in [7, 11) is 1.56. The molecular formula is C29H26N2O6. The lowest BCUT2D eigenvalue weighted by Crippen LogP contribution is -2.40. The Kier molecular flexibility index (Phi) is 4.83. The normalized spacial score (nSPS) is 33.0. The summed E-state index contributed by atoms with van der Waals surface area (Å²) < 4.78 is 10.8. The van der Waals surface area contributed by atoms with Crippen molar-refractivity contribution in [3.8, 4) is 11.5 Å². The number of rotatable bonds is 5. The second kappa shape index (κ2) is 8.03. The summed E-state index contributed by atoms with van der Waals surface area (Å²) in [5, 5.41) is 0. The maximum atomic E-state index is 13.3. The predicted molar refractivity (Wildman–Crippen MR) is 133 cm³/mol. The summed E-state index contributed by atoms with van der Waals surface area (Å²) in [4.78, 5) is 54.9. The average molecular weight is 499 g/mol. The van der Waals surface area contributed by atoms with E-state index in [1.165, 1.54) is 4.90 Å². The minimum atomic E-state index is -0.599. The number of anilines is 2. The molecule has 4 fully saturated rings. The number of nitrogens with zero attached hydrogens (tertiary/aromatic N) is 2. The van der Waals surface area contributed by atoms with E-state index in [4.69, 9.17) is 9.47 Å². The molecule has 0 spiro atoms. The van der Waals surface area contributed by atoms with Gasteiger partial charge in [-0.15, -0.1) is 0 Å². The molecule has 3 amide bonds. The molecule has 2 aromatic rings. The van der Waals surface area contributed by atoms with Crippen molar-refractivity contribution >= 4 is 35.1 Å². The van der Waals surface area contributed by atoms with Crippen LogP contribution in [0.1, 0.15) is 12.8 Å². The monoisotopic (exact) mass is 498 g/mol. The highest BCUT2D eigenvalue weighted by Crippen LogP contribution is 2.65. The summed E-state index contributed by atoms with van der Waals surface area (Å²) in [5.41, 5.74) is 1.17. The third-order valence-corrected chi connectivity index (χ3v) is 8.80. The third-order valence-electron chi connectivity index (χ3n) is 8.80. The molecule has 37 heavy (non-hydrogen) atoms. The molecule has 0 radical (unpaired) electrons. The maximum absolute atomic E-state index is 13.3. The molecule has 8 nitrogen and oxygen atoms in total. The van der Waals surface area contributed by atoms with Crippen LogP contribution in [0.15, 0.2) is 60.7 Å². The zero-order valence-corrected chi connectivity index (χ0v) is 20.3. The number of methoxy groups -OCH3 is 1. The van der Waals surface area contributed by atoms with Crippen molar-refractivity contribution in [2.75, 3.05) is 23.5 Å². The number of carbonyl (C=O) groups excluding carboxylic acids is 4. The van der Waals surface area contributed by atoms with Gasteiger partial charge in [0.05, 0.1) is 30.6 Å². The van der Waals surface area contributed by atoms with Crippen LogP contribution in [0, 0.1) is 41.4 Å². The van der Waals surface area contributed by atoms with E-state index in [1.54, 1.807) is 60.5 Å². The van der Waals surface area contributed by atoms with Crippen molar-refractivity contribution in [1.29, 1.82) is 0 Å². The van der Waals surface area contributed by atoms with E-state index in [1.807, 2.05) is 0 Å². The van der Waals surface area contributed by atoms with Crippen LogP contribution in [-0.4, -0.2) is 37.3 Å². The van der Waals surface area contributed by atoms with Gasteiger partial charge in [-0.2, -0.15) is 0 Å². The van der Waals surface area contributed by atoms with E-state index in [0.29, 0.717) is 34.7 Å². The zero-order chi connectivity index (χ0) is 25.4. The largest absolute Gasteiger partial charge is 0.497 e. The van der Waals surface area contributed by atoms with Gasteiger partial charge in [0.2, 0.25) is 17.7 Å². The molecule has 2 aromatic carbocycles. The Morgan fingerprint density at radius 2 is 1.54 bits per heavy atom. The van der Waals surface area contributed by atoms with Crippen LogP contribution >= 0.6 is 0 Å². The number of amides is 3. The van der Waals surface area contributed by atoms with Gasteiger partial charge < -0.3 is 14.4 Å². The molecule has 0 unspecified atom stereocenters. The molecule has 188 valence electrons. The van der Waals surface area contributed by atoms with Crippen molar-refractivity contribution in [1.82, 2.24) is 0 Å². The lowest BCUT2D eigenvalue weighted by atomic mass is 9.63. The van der Waals surface area contributed by atoms with Crippen molar-refractivity contribution in [3.63, 3.8) is 0 Å². The van der Waals surface area contributed by atoms with Gasteiger partial charge in [-0.1, -0.05) is 18.2 Å². The summed E-state index contributed by atoms with van der Waals surface area (Å²) in [6.45, 7) is 0.223. The van der Waals surface area contributed by atoms with E-state index in [0.717, 1.165) is 6.42 Å². The SMILES string of the molecule is COc1cccc(N2C[C@@H](C(=O)Oc3ccc(N4C(=O)[C@@H]5[C@@H]6C=C[C@H]([C@H]7C[C@@H]67)[C@@H]5C4=O)cc3)CC2=O)c1. The van der Waals surface area contributed by atoms with E-state index >= 15 is 0 Å². The highest BCUT2D eigenvalue weighted by atomic mass is 16.5. The quantitative estimate of drug-likeness (QED) is 0.272. The van der Waals surface area contributed by atoms with E-state index in [-0.39, 0.29) is 54.4 Å². The Bertz CT molecular complexity index is 1330. The molecule has 6 aliphatic rings. The first-order valence-corrected chi connectivity index (χ1v) is 12.8.